The van der Waals surface area contributed by atoms with E-state index in [2.05, 4.69) is 4.98 Å². The van der Waals surface area contributed by atoms with Gasteiger partial charge in [-0.3, -0.25) is 4.98 Å². The largest absolute Gasteiger partial charge is 0.491 e. The van der Waals surface area contributed by atoms with Crippen molar-refractivity contribution in [1.29, 1.82) is 0 Å². The standard InChI is InChI=1S/C15H15NO3/c1-9-5-11-7-12(18-4-3-17)8-14-15(11)13(16-9)6-10(2)19-14/h5-8,17H,3-4H2,1-2H3. The van der Waals surface area contributed by atoms with Crippen molar-refractivity contribution < 1.29 is 14.6 Å². The maximum absolute atomic E-state index is 8.83. The molecule has 98 valence electrons. The molecule has 19 heavy (non-hydrogen) atoms. The molecule has 0 saturated heterocycles. The molecule has 0 atom stereocenters. The van der Waals surface area contributed by atoms with Gasteiger partial charge in [0.15, 0.2) is 0 Å². The summed E-state index contributed by atoms with van der Waals surface area (Å²) < 4.78 is 11.2. The molecule has 0 bridgehead atoms. The SMILES string of the molecule is CC1=Cc2nc(C)cc3cc(OCCO)cc(c23)O1. The van der Waals surface area contributed by atoms with Gasteiger partial charge in [-0.25, -0.2) is 0 Å². The molecule has 1 aliphatic heterocycles. The van der Waals surface area contributed by atoms with Crippen molar-refractivity contribution in [3.8, 4) is 11.5 Å². The Balaban J connectivity index is 2.20. The lowest BCUT2D eigenvalue weighted by molar-refractivity contribution is 0.201. The van der Waals surface area contributed by atoms with Crippen molar-refractivity contribution in [1.82, 2.24) is 4.98 Å². The zero-order valence-corrected chi connectivity index (χ0v) is 10.9. The van der Waals surface area contributed by atoms with E-state index in [-0.39, 0.29) is 13.2 Å². The van der Waals surface area contributed by atoms with E-state index in [0.29, 0.717) is 5.75 Å². The summed E-state index contributed by atoms with van der Waals surface area (Å²) in [6.45, 7) is 4.14. The predicted octanol–water partition coefficient (Wildman–Crippen LogP) is 2.67. The predicted molar refractivity (Wildman–Crippen MR) is 73.3 cm³/mol. The normalized spacial score (nSPS) is 13.1. The number of ether oxygens (including phenoxy) is 2. The average Bonchev–Trinajstić information content (AvgIpc) is 2.34. The maximum atomic E-state index is 8.83. The quantitative estimate of drug-likeness (QED) is 0.918. The number of nitrogens with zero attached hydrogens (tertiary/aromatic N) is 1. The second kappa shape index (κ2) is 4.55. The Hall–Kier alpha value is -2.07. The number of pyridine rings is 1. The number of aromatic nitrogens is 1. The molecule has 0 unspecified atom stereocenters. The molecule has 3 rings (SSSR count). The molecule has 4 nitrogen and oxygen atoms in total. The monoisotopic (exact) mass is 257 g/mol. The third-order valence-electron chi connectivity index (χ3n) is 2.99. The van der Waals surface area contributed by atoms with Crippen LogP contribution in [0.4, 0.5) is 0 Å². The molecule has 0 aliphatic carbocycles. The van der Waals surface area contributed by atoms with E-state index < -0.39 is 0 Å². The van der Waals surface area contributed by atoms with E-state index in [4.69, 9.17) is 14.6 Å². The first-order valence-electron chi connectivity index (χ1n) is 6.22. The van der Waals surface area contributed by atoms with Gasteiger partial charge >= 0.3 is 0 Å². The van der Waals surface area contributed by atoms with Gasteiger partial charge in [-0.15, -0.1) is 0 Å². The molecule has 4 heteroatoms. The Morgan fingerprint density at radius 3 is 2.89 bits per heavy atom. The van der Waals surface area contributed by atoms with Gasteiger partial charge < -0.3 is 14.6 Å². The summed E-state index contributed by atoms with van der Waals surface area (Å²) in [6, 6.07) is 5.80. The Morgan fingerprint density at radius 1 is 1.26 bits per heavy atom. The number of aryl methyl sites for hydroxylation is 1. The second-order valence-corrected chi connectivity index (χ2v) is 4.60. The van der Waals surface area contributed by atoms with Crippen molar-refractivity contribution in [3.05, 3.63) is 35.3 Å². The lowest BCUT2D eigenvalue weighted by atomic mass is 10.0. The smallest absolute Gasteiger partial charge is 0.140 e. The molecule has 1 aromatic heterocycles. The van der Waals surface area contributed by atoms with E-state index in [1.165, 1.54) is 0 Å². The molecule has 0 radical (unpaired) electrons. The molecular weight excluding hydrogens is 242 g/mol. The van der Waals surface area contributed by atoms with E-state index in [1.54, 1.807) is 0 Å². The third kappa shape index (κ3) is 2.15. The van der Waals surface area contributed by atoms with E-state index in [1.807, 2.05) is 38.1 Å². The molecule has 1 aromatic carbocycles. The van der Waals surface area contributed by atoms with Crippen LogP contribution in [0.15, 0.2) is 24.0 Å². The molecule has 2 heterocycles. The number of aliphatic hydroxyl groups excluding tert-OH is 1. The molecule has 0 amide bonds. The molecular formula is C15H15NO3. The fourth-order valence-electron chi connectivity index (χ4n) is 2.33. The number of benzene rings is 1. The Morgan fingerprint density at radius 2 is 2.11 bits per heavy atom. The van der Waals surface area contributed by atoms with E-state index in [0.717, 1.165) is 33.7 Å². The Bertz CT molecular complexity index is 677. The minimum Gasteiger partial charge on any atom is -0.491 e. The van der Waals surface area contributed by atoms with Crippen molar-refractivity contribution in [2.75, 3.05) is 13.2 Å². The first kappa shape index (κ1) is 12.0. The van der Waals surface area contributed by atoms with Gasteiger partial charge in [0.05, 0.1) is 17.7 Å². The van der Waals surface area contributed by atoms with Gasteiger partial charge in [-0.1, -0.05) is 0 Å². The van der Waals surface area contributed by atoms with Gasteiger partial charge in [0.1, 0.15) is 23.9 Å². The number of allylic oxidation sites excluding steroid dienone is 1. The second-order valence-electron chi connectivity index (χ2n) is 4.60. The highest BCUT2D eigenvalue weighted by Crippen LogP contribution is 2.38. The van der Waals surface area contributed by atoms with Crippen molar-refractivity contribution in [2.24, 2.45) is 0 Å². The molecule has 0 spiro atoms. The summed E-state index contributed by atoms with van der Waals surface area (Å²) in [7, 11) is 0. The summed E-state index contributed by atoms with van der Waals surface area (Å²) in [5.41, 5.74) is 1.89. The average molecular weight is 257 g/mol. The first-order chi connectivity index (χ1) is 9.17. The van der Waals surface area contributed by atoms with Gasteiger partial charge in [-0.05, 0) is 31.4 Å². The molecule has 1 aliphatic rings. The highest BCUT2D eigenvalue weighted by atomic mass is 16.5. The summed E-state index contributed by atoms with van der Waals surface area (Å²) in [6.07, 6.45) is 1.94. The first-order valence-corrected chi connectivity index (χ1v) is 6.22. The Kier molecular flexibility index (Phi) is 2.87. The third-order valence-corrected chi connectivity index (χ3v) is 2.99. The van der Waals surface area contributed by atoms with Crippen molar-refractivity contribution in [2.45, 2.75) is 13.8 Å². The number of hydrogen-bond donors (Lipinski definition) is 1. The topological polar surface area (TPSA) is 51.6 Å². The van der Waals surface area contributed by atoms with Crippen LogP contribution in [0.5, 0.6) is 11.5 Å². The van der Waals surface area contributed by atoms with Crippen LogP contribution in [-0.4, -0.2) is 23.3 Å². The molecule has 0 fully saturated rings. The van der Waals surface area contributed by atoms with Gasteiger partial charge in [0.2, 0.25) is 0 Å². The summed E-state index contributed by atoms with van der Waals surface area (Å²) >= 11 is 0. The Labute approximate surface area is 111 Å². The van der Waals surface area contributed by atoms with Gasteiger partial charge in [0, 0.05) is 17.8 Å². The van der Waals surface area contributed by atoms with Crippen LogP contribution >= 0.6 is 0 Å². The van der Waals surface area contributed by atoms with Crippen LogP contribution in [0.2, 0.25) is 0 Å². The molecule has 2 aromatic rings. The summed E-state index contributed by atoms with van der Waals surface area (Å²) in [5.74, 6) is 2.27. The van der Waals surface area contributed by atoms with Crippen LogP contribution in [0.1, 0.15) is 18.3 Å². The molecule has 1 N–H and O–H groups in total. The lowest BCUT2D eigenvalue weighted by Gasteiger charge is -2.18. The summed E-state index contributed by atoms with van der Waals surface area (Å²) in [5, 5.41) is 10.9. The van der Waals surface area contributed by atoms with E-state index in [9.17, 15) is 0 Å². The van der Waals surface area contributed by atoms with Crippen LogP contribution < -0.4 is 9.47 Å². The molecule has 0 saturated carbocycles. The number of rotatable bonds is 3. The van der Waals surface area contributed by atoms with Crippen molar-refractivity contribution >= 4 is 16.8 Å². The minimum absolute atomic E-state index is 0.00617. The fraction of sp³-hybridized carbons (Fsp3) is 0.267. The number of aliphatic hydroxyl groups is 1. The van der Waals surface area contributed by atoms with Crippen LogP contribution in [0.25, 0.3) is 16.8 Å². The van der Waals surface area contributed by atoms with Gasteiger partial charge in [0.25, 0.3) is 0 Å². The highest BCUT2D eigenvalue weighted by molar-refractivity contribution is 5.97. The summed E-state index contributed by atoms with van der Waals surface area (Å²) in [4.78, 5) is 4.54. The maximum Gasteiger partial charge on any atom is 0.140 e. The van der Waals surface area contributed by atoms with E-state index >= 15 is 0 Å². The minimum atomic E-state index is -0.00617. The van der Waals surface area contributed by atoms with Crippen LogP contribution in [-0.2, 0) is 0 Å². The fourth-order valence-corrected chi connectivity index (χ4v) is 2.33. The zero-order valence-electron chi connectivity index (χ0n) is 10.9. The highest BCUT2D eigenvalue weighted by Gasteiger charge is 2.16. The van der Waals surface area contributed by atoms with Crippen molar-refractivity contribution in [3.63, 3.8) is 0 Å². The zero-order chi connectivity index (χ0) is 13.4. The number of hydrogen-bond acceptors (Lipinski definition) is 4. The van der Waals surface area contributed by atoms with Crippen LogP contribution in [0.3, 0.4) is 0 Å². The van der Waals surface area contributed by atoms with Crippen LogP contribution in [0, 0.1) is 6.92 Å². The van der Waals surface area contributed by atoms with Gasteiger partial charge in [-0.2, -0.15) is 0 Å². The lowest BCUT2D eigenvalue weighted by Crippen LogP contribution is -2.04.